The van der Waals surface area contributed by atoms with Crippen LogP contribution in [0.5, 0.6) is 5.75 Å². The van der Waals surface area contributed by atoms with Crippen LogP contribution < -0.4 is 10.2 Å². The number of aliphatic hydroxyl groups excluding tert-OH is 2. The van der Waals surface area contributed by atoms with E-state index in [4.69, 9.17) is 21.7 Å². The highest BCUT2D eigenvalue weighted by Crippen LogP contribution is 2.26. The molecule has 10 heteroatoms. The van der Waals surface area contributed by atoms with Gasteiger partial charge in [-0.2, -0.15) is 0 Å². The van der Waals surface area contributed by atoms with Crippen LogP contribution in [-0.4, -0.2) is 61.8 Å². The number of rotatable bonds is 6. The van der Waals surface area contributed by atoms with Crippen LogP contribution in [0, 0.1) is 4.64 Å². The first kappa shape index (κ1) is 19.5. The minimum absolute atomic E-state index is 0.162. The maximum atomic E-state index is 13.1. The monoisotopic (exact) mass is 416 g/mol. The summed E-state index contributed by atoms with van der Waals surface area (Å²) in [6.07, 6.45) is -0.159. The maximum absolute atomic E-state index is 13.1. The summed E-state index contributed by atoms with van der Waals surface area (Å²) < 4.78 is 13.5. The molecule has 0 bridgehead atoms. The molecule has 2 aromatic heterocycles. The molecule has 4 rings (SSSR count). The lowest BCUT2D eigenvalue weighted by molar-refractivity contribution is -0.131. The van der Waals surface area contributed by atoms with Crippen molar-refractivity contribution in [2.45, 2.75) is 30.8 Å². The van der Waals surface area contributed by atoms with Gasteiger partial charge in [0.25, 0.3) is 5.91 Å². The summed E-state index contributed by atoms with van der Waals surface area (Å²) >= 11 is 5.19. The first-order chi connectivity index (χ1) is 14.1. The van der Waals surface area contributed by atoms with E-state index >= 15 is 0 Å². The third-order valence-electron chi connectivity index (χ3n) is 4.77. The van der Waals surface area contributed by atoms with Crippen LogP contribution in [-0.2, 0) is 9.53 Å². The Bertz CT molecular complexity index is 1050. The van der Waals surface area contributed by atoms with E-state index in [2.05, 4.69) is 15.4 Å². The molecule has 1 amide bonds. The summed E-state index contributed by atoms with van der Waals surface area (Å²) in [5.41, 5.74) is 3.34. The van der Waals surface area contributed by atoms with Crippen molar-refractivity contribution in [2.75, 3.05) is 12.0 Å². The van der Waals surface area contributed by atoms with Gasteiger partial charge in [0, 0.05) is 12.6 Å². The molecule has 0 radical (unpaired) electrons. The minimum Gasteiger partial charge on any atom is -0.478 e. The molecule has 0 saturated carbocycles. The Hall–Kier alpha value is -2.79. The van der Waals surface area contributed by atoms with Crippen LogP contribution in [0.25, 0.3) is 11.0 Å². The van der Waals surface area contributed by atoms with Crippen LogP contribution >= 0.6 is 12.2 Å². The summed E-state index contributed by atoms with van der Waals surface area (Å²) in [6, 6.07) is 10.6. The SMILES string of the molecule is O=C(Nn1ccc2c(=S)nc[nH]c21)C(Oc1ccccc1)[C@@H]1C[C@H](O)[C@@H](CO)O1. The molecular formula is C19H20N4O5S. The normalized spacial score (nSPS) is 22.5. The Balaban J connectivity index is 1.60. The molecule has 0 spiro atoms. The van der Waals surface area contributed by atoms with Crippen LogP contribution in [0.2, 0.25) is 0 Å². The summed E-state index contributed by atoms with van der Waals surface area (Å²) in [6.45, 7) is -0.344. The number of hydrogen-bond donors (Lipinski definition) is 4. The van der Waals surface area contributed by atoms with Crippen LogP contribution in [0.3, 0.4) is 0 Å². The van der Waals surface area contributed by atoms with Gasteiger partial charge in [-0.3, -0.25) is 10.2 Å². The molecule has 4 atom stereocenters. The molecule has 1 aliphatic heterocycles. The molecule has 1 aromatic carbocycles. The van der Waals surface area contributed by atoms with Crippen molar-refractivity contribution >= 4 is 29.2 Å². The van der Waals surface area contributed by atoms with Gasteiger partial charge in [-0.05, 0) is 18.2 Å². The lowest BCUT2D eigenvalue weighted by Gasteiger charge is -2.24. The number of nitrogens with one attached hydrogen (secondary N) is 2. The average Bonchev–Trinajstić information content (AvgIpc) is 3.31. The summed E-state index contributed by atoms with van der Waals surface area (Å²) in [4.78, 5) is 20.1. The summed E-state index contributed by atoms with van der Waals surface area (Å²) in [5.74, 6) is 0.0115. The smallest absolute Gasteiger partial charge is 0.282 e. The van der Waals surface area contributed by atoms with E-state index in [0.717, 1.165) is 0 Å². The zero-order chi connectivity index (χ0) is 20.4. The second kappa shape index (κ2) is 8.29. The fourth-order valence-corrected chi connectivity index (χ4v) is 3.53. The quantitative estimate of drug-likeness (QED) is 0.444. The number of aliphatic hydroxyl groups is 2. The van der Waals surface area contributed by atoms with Crippen LogP contribution in [0.4, 0.5) is 0 Å². The molecule has 1 unspecified atom stereocenters. The number of carbonyl (C=O) groups excluding carboxylic acids is 1. The predicted octanol–water partition coefficient (Wildman–Crippen LogP) is 1.12. The average molecular weight is 416 g/mol. The van der Waals surface area contributed by atoms with Crippen LogP contribution in [0.15, 0.2) is 48.9 Å². The number of benzene rings is 1. The molecule has 3 heterocycles. The van der Waals surface area contributed by atoms with Gasteiger partial charge >= 0.3 is 0 Å². The molecule has 152 valence electrons. The Morgan fingerprint density at radius 2 is 2.21 bits per heavy atom. The molecule has 1 saturated heterocycles. The van der Waals surface area contributed by atoms with E-state index in [0.29, 0.717) is 21.4 Å². The van der Waals surface area contributed by atoms with Gasteiger partial charge in [0.1, 0.15) is 28.2 Å². The van der Waals surface area contributed by atoms with E-state index in [1.807, 2.05) is 6.07 Å². The molecule has 0 aliphatic carbocycles. The predicted molar refractivity (Wildman–Crippen MR) is 107 cm³/mol. The number of H-pyrrole nitrogens is 1. The van der Waals surface area contributed by atoms with E-state index in [-0.39, 0.29) is 13.0 Å². The number of aromatic amines is 1. The highest BCUT2D eigenvalue weighted by Gasteiger charge is 2.42. The Labute approximate surface area is 170 Å². The third-order valence-corrected chi connectivity index (χ3v) is 5.09. The number of ether oxygens (including phenoxy) is 2. The van der Waals surface area contributed by atoms with Gasteiger partial charge in [0.2, 0.25) is 6.10 Å². The fraction of sp³-hybridized carbons (Fsp3) is 0.316. The van der Waals surface area contributed by atoms with Gasteiger partial charge in [0.05, 0.1) is 24.4 Å². The highest BCUT2D eigenvalue weighted by molar-refractivity contribution is 7.71. The zero-order valence-corrected chi connectivity index (χ0v) is 16.1. The first-order valence-corrected chi connectivity index (χ1v) is 9.49. The van der Waals surface area contributed by atoms with E-state index < -0.39 is 30.3 Å². The van der Waals surface area contributed by atoms with Gasteiger partial charge in [-0.1, -0.05) is 30.4 Å². The number of fused-ring (bicyclic) bond motifs is 1. The van der Waals surface area contributed by atoms with Gasteiger partial charge in [-0.15, -0.1) is 0 Å². The van der Waals surface area contributed by atoms with Crippen LogP contribution in [0.1, 0.15) is 6.42 Å². The second-order valence-corrected chi connectivity index (χ2v) is 7.07. The molecular weight excluding hydrogens is 396 g/mol. The number of nitrogens with zero attached hydrogens (tertiary/aromatic N) is 2. The molecule has 3 aromatic rings. The Morgan fingerprint density at radius 3 is 2.93 bits per heavy atom. The standard InChI is InChI=1S/C19H20N4O5S/c24-9-15-13(25)8-14(28-15)16(27-11-4-2-1-3-5-11)18(26)22-23-7-6-12-17(23)20-10-21-19(12)29/h1-7,10,13-16,24-25H,8-9H2,(H,22,26)(H,20,21,29)/t13-,14-,15+,16?/m0/s1. The number of carbonyl (C=O) groups is 1. The van der Waals surface area contributed by atoms with Crippen molar-refractivity contribution < 1.29 is 24.5 Å². The second-order valence-electron chi connectivity index (χ2n) is 6.68. The molecule has 4 N–H and O–H groups in total. The molecule has 9 nitrogen and oxygen atoms in total. The van der Waals surface area contributed by atoms with Crippen molar-refractivity contribution in [2.24, 2.45) is 0 Å². The van der Waals surface area contributed by atoms with E-state index in [1.54, 1.807) is 36.5 Å². The van der Waals surface area contributed by atoms with Crippen molar-refractivity contribution in [1.29, 1.82) is 0 Å². The van der Waals surface area contributed by atoms with Gasteiger partial charge in [-0.25, -0.2) is 9.66 Å². The first-order valence-electron chi connectivity index (χ1n) is 9.08. The van der Waals surface area contributed by atoms with Crippen molar-refractivity contribution in [1.82, 2.24) is 14.6 Å². The number of para-hydroxylation sites is 1. The Morgan fingerprint density at radius 1 is 1.41 bits per heavy atom. The summed E-state index contributed by atoms with van der Waals surface area (Å²) in [7, 11) is 0. The lowest BCUT2D eigenvalue weighted by Crippen LogP contribution is -2.45. The van der Waals surface area contributed by atoms with Crippen molar-refractivity contribution in [3.8, 4) is 5.75 Å². The zero-order valence-electron chi connectivity index (χ0n) is 15.3. The highest BCUT2D eigenvalue weighted by atomic mass is 32.1. The van der Waals surface area contributed by atoms with Crippen molar-refractivity contribution in [3.05, 3.63) is 53.6 Å². The Kier molecular flexibility index (Phi) is 5.58. The maximum Gasteiger partial charge on any atom is 0.282 e. The molecule has 29 heavy (non-hydrogen) atoms. The largest absolute Gasteiger partial charge is 0.478 e. The topological polar surface area (TPSA) is 122 Å². The van der Waals surface area contributed by atoms with Gasteiger partial charge < -0.3 is 24.7 Å². The summed E-state index contributed by atoms with van der Waals surface area (Å²) in [5, 5.41) is 20.1. The minimum atomic E-state index is -1.05. The van der Waals surface area contributed by atoms with E-state index in [1.165, 1.54) is 11.0 Å². The number of aromatic nitrogens is 3. The molecule has 1 aliphatic rings. The lowest BCUT2D eigenvalue weighted by atomic mass is 10.1. The number of amides is 1. The number of hydrogen-bond acceptors (Lipinski definition) is 7. The molecule has 1 fully saturated rings. The third kappa shape index (κ3) is 4.01. The fourth-order valence-electron chi connectivity index (χ4n) is 3.31. The van der Waals surface area contributed by atoms with Crippen molar-refractivity contribution in [3.63, 3.8) is 0 Å². The van der Waals surface area contributed by atoms with E-state index in [9.17, 15) is 15.0 Å². The van der Waals surface area contributed by atoms with Gasteiger partial charge in [0.15, 0.2) is 0 Å².